The van der Waals surface area contributed by atoms with Gasteiger partial charge in [0.2, 0.25) is 0 Å². The molecule has 16 heavy (non-hydrogen) atoms. The van der Waals surface area contributed by atoms with E-state index in [1.807, 2.05) is 0 Å². The zero-order valence-electron chi connectivity index (χ0n) is 10.4. The van der Waals surface area contributed by atoms with Crippen LogP contribution in [0.25, 0.3) is 0 Å². The number of carbonyl (C=O) groups excluding carboxylic acids is 1. The van der Waals surface area contributed by atoms with Gasteiger partial charge in [0, 0.05) is 20.1 Å². The molecule has 2 amide bonds. The van der Waals surface area contributed by atoms with Crippen molar-refractivity contribution in [3.05, 3.63) is 0 Å². The van der Waals surface area contributed by atoms with Crippen molar-refractivity contribution in [1.29, 1.82) is 0 Å². The molecular formula is C12H24N2O2. The quantitative estimate of drug-likeness (QED) is 0.650. The van der Waals surface area contributed by atoms with Gasteiger partial charge < -0.3 is 15.3 Å². The van der Waals surface area contributed by atoms with Crippen molar-refractivity contribution >= 4 is 6.03 Å². The fraction of sp³-hybridized carbons (Fsp3) is 0.917. The van der Waals surface area contributed by atoms with Gasteiger partial charge in [-0.1, -0.05) is 19.8 Å². The second kappa shape index (κ2) is 6.74. The first-order valence-corrected chi connectivity index (χ1v) is 6.32. The molecular weight excluding hydrogens is 204 g/mol. The van der Waals surface area contributed by atoms with Crippen molar-refractivity contribution in [3.8, 4) is 0 Å². The van der Waals surface area contributed by atoms with E-state index in [2.05, 4.69) is 12.2 Å². The van der Waals surface area contributed by atoms with Gasteiger partial charge in [-0.25, -0.2) is 4.79 Å². The Morgan fingerprint density at radius 1 is 1.50 bits per heavy atom. The van der Waals surface area contributed by atoms with Crippen molar-refractivity contribution in [2.24, 2.45) is 5.92 Å². The van der Waals surface area contributed by atoms with Crippen LogP contribution in [0.15, 0.2) is 0 Å². The minimum atomic E-state index is -0.341. The molecule has 1 aliphatic rings. The summed E-state index contributed by atoms with van der Waals surface area (Å²) in [4.78, 5) is 13.2. The predicted octanol–water partition coefficient (Wildman–Crippen LogP) is 1.59. The van der Waals surface area contributed by atoms with Crippen LogP contribution in [0, 0.1) is 5.92 Å². The number of nitrogens with zero attached hydrogens (tertiary/aromatic N) is 1. The molecule has 1 fully saturated rings. The van der Waals surface area contributed by atoms with Gasteiger partial charge in [-0.05, 0) is 25.2 Å². The number of aliphatic hydroxyl groups is 1. The van der Waals surface area contributed by atoms with Gasteiger partial charge in [0.15, 0.2) is 0 Å². The summed E-state index contributed by atoms with van der Waals surface area (Å²) in [5, 5.41) is 12.6. The maximum atomic E-state index is 11.6. The van der Waals surface area contributed by atoms with Crippen molar-refractivity contribution in [2.45, 2.75) is 45.1 Å². The molecule has 1 unspecified atom stereocenters. The summed E-state index contributed by atoms with van der Waals surface area (Å²) in [6.07, 6.45) is 5.20. The second-order valence-electron chi connectivity index (χ2n) is 4.72. The average Bonchev–Trinajstić information content (AvgIpc) is 3.07. The molecule has 0 saturated heterocycles. The third kappa shape index (κ3) is 4.84. The van der Waals surface area contributed by atoms with E-state index in [1.165, 1.54) is 0 Å². The Balaban J connectivity index is 2.09. The molecule has 94 valence electrons. The summed E-state index contributed by atoms with van der Waals surface area (Å²) in [5.74, 6) is 0.426. The average molecular weight is 228 g/mol. The van der Waals surface area contributed by atoms with E-state index >= 15 is 0 Å². The van der Waals surface area contributed by atoms with Crippen LogP contribution in [-0.2, 0) is 0 Å². The number of likely N-dealkylation sites (N-methyl/N-ethyl adjacent to an activating group) is 1. The van der Waals surface area contributed by atoms with Crippen molar-refractivity contribution in [2.75, 3.05) is 20.1 Å². The van der Waals surface area contributed by atoms with Crippen molar-refractivity contribution in [3.63, 3.8) is 0 Å². The molecule has 0 radical (unpaired) electrons. The van der Waals surface area contributed by atoms with Gasteiger partial charge in [-0.3, -0.25) is 0 Å². The fourth-order valence-electron chi connectivity index (χ4n) is 1.70. The van der Waals surface area contributed by atoms with Crippen LogP contribution in [0.1, 0.15) is 39.0 Å². The number of aliphatic hydroxyl groups excluding tert-OH is 1. The monoisotopic (exact) mass is 228 g/mol. The Bertz CT molecular complexity index is 217. The molecule has 1 atom stereocenters. The minimum Gasteiger partial charge on any atom is -0.391 e. The third-order valence-corrected chi connectivity index (χ3v) is 3.03. The van der Waals surface area contributed by atoms with Crippen LogP contribution in [0.2, 0.25) is 0 Å². The Hall–Kier alpha value is -0.770. The second-order valence-corrected chi connectivity index (χ2v) is 4.72. The highest BCUT2D eigenvalue weighted by Crippen LogP contribution is 2.32. The van der Waals surface area contributed by atoms with E-state index in [0.717, 1.165) is 38.6 Å². The van der Waals surface area contributed by atoms with Gasteiger partial charge >= 0.3 is 6.03 Å². The SMILES string of the molecule is CCCCCNC(=O)N(C)CC(O)C1CC1. The maximum Gasteiger partial charge on any atom is 0.317 e. The largest absolute Gasteiger partial charge is 0.391 e. The van der Waals surface area contributed by atoms with E-state index in [9.17, 15) is 9.90 Å². The molecule has 0 aromatic carbocycles. The molecule has 0 aromatic rings. The predicted molar refractivity (Wildman–Crippen MR) is 64.3 cm³/mol. The molecule has 2 N–H and O–H groups in total. The van der Waals surface area contributed by atoms with Gasteiger partial charge in [0.05, 0.1) is 6.10 Å². The fourth-order valence-corrected chi connectivity index (χ4v) is 1.70. The Labute approximate surface area is 98.0 Å². The van der Waals surface area contributed by atoms with Gasteiger partial charge in [-0.2, -0.15) is 0 Å². The number of hydrogen-bond acceptors (Lipinski definition) is 2. The number of carbonyl (C=O) groups is 1. The molecule has 0 bridgehead atoms. The minimum absolute atomic E-state index is 0.0733. The summed E-state index contributed by atoms with van der Waals surface area (Å²) < 4.78 is 0. The molecule has 0 aliphatic heterocycles. The maximum absolute atomic E-state index is 11.6. The number of hydrogen-bond donors (Lipinski definition) is 2. The summed E-state index contributed by atoms with van der Waals surface area (Å²) in [6.45, 7) is 3.32. The van der Waals surface area contributed by atoms with Crippen LogP contribution in [0.3, 0.4) is 0 Å². The lowest BCUT2D eigenvalue weighted by Crippen LogP contribution is -2.42. The lowest BCUT2D eigenvalue weighted by atomic mass is 10.2. The summed E-state index contributed by atoms with van der Waals surface area (Å²) >= 11 is 0. The van der Waals surface area contributed by atoms with Crippen LogP contribution in [0.4, 0.5) is 4.79 Å². The number of amides is 2. The lowest BCUT2D eigenvalue weighted by Gasteiger charge is -2.21. The Kier molecular flexibility index (Phi) is 5.60. The van der Waals surface area contributed by atoms with E-state index in [4.69, 9.17) is 0 Å². The molecule has 1 rings (SSSR count). The number of nitrogens with one attached hydrogen (secondary N) is 1. The van der Waals surface area contributed by atoms with E-state index in [-0.39, 0.29) is 12.1 Å². The highest BCUT2D eigenvalue weighted by atomic mass is 16.3. The third-order valence-electron chi connectivity index (χ3n) is 3.03. The first-order chi connectivity index (χ1) is 7.65. The van der Waals surface area contributed by atoms with E-state index in [0.29, 0.717) is 12.5 Å². The zero-order valence-corrected chi connectivity index (χ0v) is 10.4. The number of urea groups is 1. The molecule has 4 heteroatoms. The van der Waals surface area contributed by atoms with Gasteiger partial charge in [0.1, 0.15) is 0 Å². The lowest BCUT2D eigenvalue weighted by molar-refractivity contribution is 0.113. The molecule has 1 aliphatic carbocycles. The molecule has 1 saturated carbocycles. The van der Waals surface area contributed by atoms with Crippen molar-refractivity contribution < 1.29 is 9.90 Å². The van der Waals surface area contributed by atoms with Crippen LogP contribution in [0.5, 0.6) is 0 Å². The van der Waals surface area contributed by atoms with E-state index < -0.39 is 0 Å². The normalized spacial score (nSPS) is 16.9. The summed E-state index contributed by atoms with van der Waals surface area (Å²) in [5.41, 5.74) is 0. The first kappa shape index (κ1) is 13.3. The highest BCUT2D eigenvalue weighted by Gasteiger charge is 2.30. The van der Waals surface area contributed by atoms with Crippen LogP contribution in [-0.4, -0.2) is 42.3 Å². The molecule has 0 aromatic heterocycles. The molecule has 4 nitrogen and oxygen atoms in total. The van der Waals surface area contributed by atoms with E-state index in [1.54, 1.807) is 11.9 Å². The summed E-state index contributed by atoms with van der Waals surface area (Å²) in [6, 6.07) is -0.0733. The van der Waals surface area contributed by atoms with Gasteiger partial charge in [-0.15, -0.1) is 0 Å². The first-order valence-electron chi connectivity index (χ1n) is 6.32. The standard InChI is InChI=1S/C12H24N2O2/c1-3-4-5-8-13-12(16)14(2)9-11(15)10-6-7-10/h10-11,15H,3-9H2,1-2H3,(H,13,16). The number of rotatable bonds is 7. The van der Waals surface area contributed by atoms with Crippen molar-refractivity contribution in [1.82, 2.24) is 10.2 Å². The highest BCUT2D eigenvalue weighted by molar-refractivity contribution is 5.73. The summed E-state index contributed by atoms with van der Waals surface area (Å²) in [7, 11) is 1.74. The smallest absolute Gasteiger partial charge is 0.317 e. The Morgan fingerprint density at radius 2 is 2.19 bits per heavy atom. The van der Waals surface area contributed by atoms with Crippen LogP contribution >= 0.6 is 0 Å². The number of unbranched alkanes of at least 4 members (excludes halogenated alkanes) is 2. The molecule has 0 heterocycles. The van der Waals surface area contributed by atoms with Gasteiger partial charge in [0.25, 0.3) is 0 Å². The topological polar surface area (TPSA) is 52.6 Å². The van der Waals surface area contributed by atoms with Crippen LogP contribution < -0.4 is 5.32 Å². The zero-order chi connectivity index (χ0) is 12.0. The molecule has 0 spiro atoms. The Morgan fingerprint density at radius 3 is 2.75 bits per heavy atom.